The molecule has 0 fully saturated rings. The molecule has 1 aliphatic rings. The van der Waals surface area contributed by atoms with E-state index >= 15 is 0 Å². The van der Waals surface area contributed by atoms with E-state index in [2.05, 4.69) is 141 Å². The predicted octanol–water partition coefficient (Wildman–Crippen LogP) is -1.21. The summed E-state index contributed by atoms with van der Waals surface area (Å²) in [6.07, 6.45) is 7.30. The van der Waals surface area contributed by atoms with Crippen molar-refractivity contribution < 1.29 is 57.7 Å². The molecule has 0 nitrogen and oxygen atoms in total. The van der Waals surface area contributed by atoms with E-state index in [4.69, 9.17) is 0 Å². The van der Waals surface area contributed by atoms with Crippen LogP contribution in [0.4, 0.5) is 0 Å². The molecule has 0 heterocycles. The van der Waals surface area contributed by atoms with Crippen molar-refractivity contribution in [1.29, 1.82) is 0 Å². The van der Waals surface area contributed by atoms with Crippen molar-refractivity contribution in [3.8, 4) is 0 Å². The van der Waals surface area contributed by atoms with Gasteiger partial charge in [0.2, 0.25) is 0 Å². The van der Waals surface area contributed by atoms with Gasteiger partial charge in [-0.3, -0.25) is 0 Å². The van der Waals surface area contributed by atoms with Crippen molar-refractivity contribution in [3.05, 3.63) is 111 Å². The van der Waals surface area contributed by atoms with Gasteiger partial charge in [-0.1, -0.05) is 0 Å². The summed E-state index contributed by atoms with van der Waals surface area (Å²) in [6, 6.07) is 31.1. The molecule has 212 valence electrons. The van der Waals surface area contributed by atoms with Crippen molar-refractivity contribution in [2.75, 3.05) is 0 Å². The molecule has 1 atom stereocenters. The zero-order chi connectivity index (χ0) is 26.6. The smallest absolute Gasteiger partial charge is 1.00 e. The van der Waals surface area contributed by atoms with E-state index in [9.17, 15) is 0 Å². The molecule has 0 aromatic heterocycles. The number of benzene rings is 3. The number of allylic oxidation sites excluding steroid dienone is 4. The molecular formula is C35H43Cl3SiTi. The Kier molecular flexibility index (Phi) is 14.8. The molecule has 0 spiro atoms. The molecule has 1 unspecified atom stereocenters. The van der Waals surface area contributed by atoms with Crippen LogP contribution in [-0.4, -0.2) is 8.07 Å². The molecule has 0 amide bonds. The van der Waals surface area contributed by atoms with E-state index in [1.54, 1.807) is 9.45 Å². The maximum absolute atomic E-state index is 2.56. The zero-order valence-corrected chi connectivity index (χ0v) is 29.7. The molecule has 40 heavy (non-hydrogen) atoms. The van der Waals surface area contributed by atoms with Gasteiger partial charge in [0.1, 0.15) is 0 Å². The van der Waals surface area contributed by atoms with Gasteiger partial charge in [-0.25, -0.2) is 0 Å². The van der Waals surface area contributed by atoms with E-state index in [-0.39, 0.29) is 42.3 Å². The van der Waals surface area contributed by atoms with Crippen LogP contribution in [0.15, 0.2) is 99.5 Å². The Balaban J connectivity index is 0.00000267. The van der Waals surface area contributed by atoms with Gasteiger partial charge in [-0.05, 0) is 0 Å². The van der Waals surface area contributed by atoms with Gasteiger partial charge in [0, 0.05) is 0 Å². The van der Waals surface area contributed by atoms with Crippen molar-refractivity contribution >= 4 is 23.6 Å². The Morgan fingerprint density at radius 3 is 1.35 bits per heavy atom. The van der Waals surface area contributed by atoms with Crippen molar-refractivity contribution in [1.82, 2.24) is 0 Å². The monoisotopic (exact) mass is 644 g/mol. The van der Waals surface area contributed by atoms with E-state index in [0.717, 1.165) is 12.8 Å². The average molecular weight is 646 g/mol. The zero-order valence-electron chi connectivity index (χ0n) is 24.9. The molecule has 5 heteroatoms. The summed E-state index contributed by atoms with van der Waals surface area (Å²) in [5, 5.41) is 4.49. The summed E-state index contributed by atoms with van der Waals surface area (Å²) in [5.41, 5.74) is 7.42. The van der Waals surface area contributed by atoms with Crippen LogP contribution >= 0.6 is 0 Å². The molecular weight excluding hydrogens is 603 g/mol. The minimum Gasteiger partial charge on any atom is -1.00 e. The van der Waals surface area contributed by atoms with Gasteiger partial charge in [-0.15, -0.1) is 0 Å². The Labute approximate surface area is 275 Å². The molecule has 0 bridgehead atoms. The van der Waals surface area contributed by atoms with Crippen LogP contribution in [0.5, 0.6) is 0 Å². The first-order chi connectivity index (χ1) is 17.8. The summed E-state index contributed by atoms with van der Waals surface area (Å²) in [6.45, 7) is 14.2. The minimum absolute atomic E-state index is 0. The van der Waals surface area contributed by atoms with E-state index in [1.165, 1.54) is 63.5 Å². The molecule has 3 aromatic rings. The average Bonchev–Trinajstić information content (AvgIpc) is 3.09. The van der Waals surface area contributed by atoms with E-state index in [1.807, 2.05) is 0 Å². The normalized spacial score (nSPS) is 16.8. The first-order valence-electron chi connectivity index (χ1n) is 14.2. The number of hydrogen-bond donors (Lipinski definition) is 0. The number of unbranched alkanes of at least 4 members (excludes halogenated alkanes) is 2. The van der Waals surface area contributed by atoms with Gasteiger partial charge in [0.05, 0.1) is 0 Å². The number of halogens is 3. The van der Waals surface area contributed by atoms with Gasteiger partial charge in [-0.2, -0.15) is 0 Å². The van der Waals surface area contributed by atoms with E-state index in [0.29, 0.717) is 0 Å². The van der Waals surface area contributed by atoms with Crippen LogP contribution in [0.3, 0.4) is 0 Å². The van der Waals surface area contributed by atoms with Crippen molar-refractivity contribution in [3.63, 3.8) is 0 Å². The van der Waals surface area contributed by atoms with Gasteiger partial charge >= 0.3 is 240 Å². The fourth-order valence-electron chi connectivity index (χ4n) is 6.53. The van der Waals surface area contributed by atoms with Crippen LogP contribution in [-0.2, 0) is 33.3 Å². The maximum Gasteiger partial charge on any atom is -1.00 e. The summed E-state index contributed by atoms with van der Waals surface area (Å²) < 4.78 is 1.54. The number of aryl methyl sites for hydroxylation is 2. The van der Waals surface area contributed by atoms with Crippen molar-refractivity contribution in [2.45, 2.75) is 85.1 Å². The summed E-state index contributed by atoms with van der Waals surface area (Å²) in [7, 11) is -2.55. The van der Waals surface area contributed by atoms with Gasteiger partial charge in [0.25, 0.3) is 0 Å². The fourth-order valence-corrected chi connectivity index (χ4v) is 14.1. The summed E-state index contributed by atoms with van der Waals surface area (Å²) in [5.74, 6) is 0. The van der Waals surface area contributed by atoms with Crippen LogP contribution in [0.25, 0.3) is 0 Å². The molecule has 3 aromatic carbocycles. The Hall–Kier alpha value is -1.06. The first kappa shape index (κ1) is 37.0. The fraction of sp³-hybridized carbons (Fsp3) is 0.371. The van der Waals surface area contributed by atoms with Crippen LogP contribution < -0.4 is 52.8 Å². The van der Waals surface area contributed by atoms with E-state index < -0.39 is 8.07 Å². The van der Waals surface area contributed by atoms with Crippen molar-refractivity contribution in [2.24, 2.45) is 0 Å². The quantitative estimate of drug-likeness (QED) is 0.192. The summed E-state index contributed by atoms with van der Waals surface area (Å²) in [4.78, 5) is 0. The maximum atomic E-state index is 2.56. The topological polar surface area (TPSA) is 0 Å². The number of hydrogen-bond acceptors (Lipinski definition) is 0. The van der Waals surface area contributed by atoms with Crippen LogP contribution in [0, 0.1) is 0 Å². The standard InChI is InChI=1S/C35H43Si.3ClH.Ti/c1-7-9-14-30-18-22-33(23-19-30)36(32-16-12-11-13-17-32,35(6)26-27(3)28(4)29(35)5)34-24-20-31(21-25-34)15-10-8-2;;;;/h11-13,16-25H,7-10,14-15H2,1-6H3;3*1H;/q;;;;+3/p-3. The molecule has 0 saturated heterocycles. The molecule has 0 aliphatic heterocycles. The molecule has 1 aliphatic carbocycles. The SMILES string of the molecule is CCCCc1ccc([Si](c2ccccc2)(c2ccc(CCCC)cc2)C2(C)C(C)=C(C)C(C)=[C]2[Ti+3])cc1.[Cl-].[Cl-].[Cl-]. The number of rotatable bonds is 10. The Morgan fingerprint density at radius 2 is 1.00 bits per heavy atom. The summed E-state index contributed by atoms with van der Waals surface area (Å²) >= 11 is 2.41. The third-order valence-electron chi connectivity index (χ3n) is 9.12. The molecule has 0 N–H and O–H groups in total. The van der Waals surface area contributed by atoms with Crippen LogP contribution in [0.1, 0.15) is 78.4 Å². The molecule has 0 saturated carbocycles. The molecule has 4 rings (SSSR count). The van der Waals surface area contributed by atoms with Gasteiger partial charge < -0.3 is 37.2 Å². The Morgan fingerprint density at radius 1 is 0.600 bits per heavy atom. The van der Waals surface area contributed by atoms with Crippen LogP contribution in [0.2, 0.25) is 5.04 Å². The third kappa shape index (κ3) is 6.46. The first-order valence-corrected chi connectivity index (χ1v) is 17.0. The van der Waals surface area contributed by atoms with Gasteiger partial charge in [0.15, 0.2) is 0 Å². The molecule has 0 radical (unpaired) electrons. The largest absolute Gasteiger partial charge is 1.00 e. The Bertz CT molecular complexity index is 1200. The second-order valence-electron chi connectivity index (χ2n) is 11.1. The minimum atomic E-state index is -2.55. The second-order valence-corrected chi connectivity index (χ2v) is 16.1. The third-order valence-corrected chi connectivity index (χ3v) is 16.6. The second kappa shape index (κ2) is 16.0. The predicted molar refractivity (Wildman–Crippen MR) is 161 cm³/mol.